The van der Waals surface area contributed by atoms with Gasteiger partial charge in [-0.25, -0.2) is 15.0 Å². The van der Waals surface area contributed by atoms with Crippen molar-refractivity contribution in [2.24, 2.45) is 10.7 Å². The van der Waals surface area contributed by atoms with Gasteiger partial charge in [0.05, 0.1) is 0 Å². The SMILES string of the molecule is CCn1cnnc1CN=C(N)N1CCN(c2ncccn2)CC1. The fraction of sp³-hybridized carbons (Fsp3) is 0.500. The molecule has 0 aromatic carbocycles. The predicted molar refractivity (Wildman–Crippen MR) is 86.8 cm³/mol. The second kappa shape index (κ2) is 7.03. The molecule has 2 N–H and O–H groups in total. The molecule has 9 nitrogen and oxygen atoms in total. The Kier molecular flexibility index (Phi) is 4.65. The topological polar surface area (TPSA) is 101 Å². The molecule has 1 aliphatic heterocycles. The molecule has 3 heterocycles. The highest BCUT2D eigenvalue weighted by molar-refractivity contribution is 5.78. The minimum Gasteiger partial charge on any atom is -0.370 e. The third-order valence-corrected chi connectivity index (χ3v) is 3.86. The lowest BCUT2D eigenvalue weighted by Crippen LogP contribution is -2.51. The van der Waals surface area contributed by atoms with Gasteiger partial charge in [-0.3, -0.25) is 0 Å². The first-order chi connectivity index (χ1) is 11.3. The lowest BCUT2D eigenvalue weighted by Gasteiger charge is -2.35. The number of piperazine rings is 1. The van der Waals surface area contributed by atoms with E-state index in [1.165, 1.54) is 0 Å². The first kappa shape index (κ1) is 15.2. The molecule has 2 aromatic rings. The summed E-state index contributed by atoms with van der Waals surface area (Å²) in [5.41, 5.74) is 6.11. The number of nitrogens with zero attached hydrogens (tertiary/aromatic N) is 8. The van der Waals surface area contributed by atoms with E-state index in [-0.39, 0.29) is 0 Å². The van der Waals surface area contributed by atoms with Crippen LogP contribution in [-0.4, -0.2) is 61.8 Å². The van der Waals surface area contributed by atoms with E-state index in [4.69, 9.17) is 5.73 Å². The number of aliphatic imine (C=N–C) groups is 1. The molecule has 1 fully saturated rings. The van der Waals surface area contributed by atoms with Gasteiger partial charge < -0.3 is 20.1 Å². The first-order valence-electron chi connectivity index (χ1n) is 7.71. The van der Waals surface area contributed by atoms with Crippen molar-refractivity contribution in [3.8, 4) is 0 Å². The summed E-state index contributed by atoms with van der Waals surface area (Å²) >= 11 is 0. The molecular formula is C14H21N9. The van der Waals surface area contributed by atoms with Crippen LogP contribution in [0.1, 0.15) is 12.7 Å². The Hall–Kier alpha value is -2.71. The van der Waals surface area contributed by atoms with Crippen molar-refractivity contribution in [3.63, 3.8) is 0 Å². The van der Waals surface area contributed by atoms with Gasteiger partial charge in [0.1, 0.15) is 12.9 Å². The van der Waals surface area contributed by atoms with Crippen LogP contribution in [0, 0.1) is 0 Å². The zero-order valence-electron chi connectivity index (χ0n) is 13.2. The lowest BCUT2D eigenvalue weighted by atomic mass is 10.3. The van der Waals surface area contributed by atoms with Gasteiger partial charge in [-0.2, -0.15) is 0 Å². The van der Waals surface area contributed by atoms with Gasteiger partial charge in [0.2, 0.25) is 5.95 Å². The number of hydrogen-bond acceptors (Lipinski definition) is 6. The number of nitrogens with two attached hydrogens (primary N) is 1. The van der Waals surface area contributed by atoms with Crippen LogP contribution in [0.3, 0.4) is 0 Å². The zero-order valence-corrected chi connectivity index (χ0v) is 13.2. The number of rotatable bonds is 4. The van der Waals surface area contributed by atoms with E-state index in [2.05, 4.69) is 35.0 Å². The lowest BCUT2D eigenvalue weighted by molar-refractivity contribution is 0.378. The van der Waals surface area contributed by atoms with E-state index in [1.807, 2.05) is 17.6 Å². The summed E-state index contributed by atoms with van der Waals surface area (Å²) in [5.74, 6) is 2.13. The molecule has 0 saturated carbocycles. The number of hydrogen-bond donors (Lipinski definition) is 1. The van der Waals surface area contributed by atoms with Crippen LogP contribution in [0.15, 0.2) is 29.8 Å². The molecule has 0 amide bonds. The van der Waals surface area contributed by atoms with Gasteiger partial charge in [0.25, 0.3) is 0 Å². The maximum absolute atomic E-state index is 6.11. The fourth-order valence-electron chi connectivity index (χ4n) is 2.51. The summed E-state index contributed by atoms with van der Waals surface area (Å²) in [6, 6.07) is 1.82. The molecule has 3 rings (SSSR count). The Bertz CT molecular complexity index is 643. The summed E-state index contributed by atoms with van der Waals surface area (Å²) in [6.07, 6.45) is 5.22. The van der Waals surface area contributed by atoms with Crippen molar-refractivity contribution in [2.45, 2.75) is 20.0 Å². The summed E-state index contributed by atoms with van der Waals surface area (Å²) in [4.78, 5) is 17.2. The molecule has 0 atom stereocenters. The maximum Gasteiger partial charge on any atom is 0.225 e. The molecule has 1 aliphatic rings. The van der Waals surface area contributed by atoms with Crippen LogP contribution < -0.4 is 10.6 Å². The van der Waals surface area contributed by atoms with Crippen molar-refractivity contribution >= 4 is 11.9 Å². The van der Waals surface area contributed by atoms with Crippen molar-refractivity contribution in [1.82, 2.24) is 29.6 Å². The summed E-state index contributed by atoms with van der Waals surface area (Å²) < 4.78 is 1.96. The van der Waals surface area contributed by atoms with Crippen LogP contribution in [0.4, 0.5) is 5.95 Å². The zero-order chi connectivity index (χ0) is 16.1. The Morgan fingerprint density at radius 2 is 1.96 bits per heavy atom. The van der Waals surface area contributed by atoms with Crippen molar-refractivity contribution in [1.29, 1.82) is 0 Å². The van der Waals surface area contributed by atoms with E-state index in [9.17, 15) is 0 Å². The Morgan fingerprint density at radius 1 is 1.22 bits per heavy atom. The highest BCUT2D eigenvalue weighted by atomic mass is 15.4. The predicted octanol–water partition coefficient (Wildman–Crippen LogP) is -0.275. The third kappa shape index (κ3) is 3.55. The summed E-state index contributed by atoms with van der Waals surface area (Å²) in [5, 5.41) is 7.96. The highest BCUT2D eigenvalue weighted by Gasteiger charge is 2.19. The summed E-state index contributed by atoms with van der Waals surface area (Å²) in [6.45, 7) is 6.57. The Balaban J connectivity index is 1.55. The molecule has 2 aromatic heterocycles. The largest absolute Gasteiger partial charge is 0.370 e. The molecule has 0 spiro atoms. The average molecular weight is 315 g/mol. The fourth-order valence-corrected chi connectivity index (χ4v) is 2.51. The molecule has 9 heteroatoms. The number of aryl methyl sites for hydroxylation is 1. The normalized spacial score (nSPS) is 16.0. The molecule has 23 heavy (non-hydrogen) atoms. The maximum atomic E-state index is 6.11. The van der Waals surface area contributed by atoms with Crippen LogP contribution in [0.5, 0.6) is 0 Å². The van der Waals surface area contributed by atoms with Gasteiger partial charge in [-0.1, -0.05) is 0 Å². The van der Waals surface area contributed by atoms with Crippen molar-refractivity contribution in [2.75, 3.05) is 31.1 Å². The number of anilines is 1. The standard InChI is InChI=1S/C14H21N9/c1-2-21-11-19-20-12(21)10-18-13(15)22-6-8-23(9-7-22)14-16-4-3-5-17-14/h3-5,11H,2,6-10H2,1H3,(H2,15,18). The van der Waals surface area contributed by atoms with Crippen LogP contribution in [-0.2, 0) is 13.1 Å². The minimum absolute atomic E-state index is 0.446. The van der Waals surface area contributed by atoms with E-state index >= 15 is 0 Å². The number of aromatic nitrogens is 5. The molecule has 0 aliphatic carbocycles. The smallest absolute Gasteiger partial charge is 0.225 e. The van der Waals surface area contributed by atoms with Gasteiger partial charge in [-0.05, 0) is 13.0 Å². The average Bonchev–Trinajstić information content (AvgIpc) is 3.08. The Labute approximate surface area is 134 Å². The molecular weight excluding hydrogens is 294 g/mol. The van der Waals surface area contributed by atoms with Crippen LogP contribution in [0.2, 0.25) is 0 Å². The van der Waals surface area contributed by atoms with Gasteiger partial charge in [-0.15, -0.1) is 10.2 Å². The van der Waals surface area contributed by atoms with Crippen molar-refractivity contribution in [3.05, 3.63) is 30.6 Å². The van der Waals surface area contributed by atoms with Gasteiger partial charge in [0.15, 0.2) is 11.8 Å². The van der Waals surface area contributed by atoms with Crippen LogP contribution >= 0.6 is 0 Å². The third-order valence-electron chi connectivity index (χ3n) is 3.86. The molecule has 0 bridgehead atoms. The van der Waals surface area contributed by atoms with E-state index in [1.54, 1.807) is 18.7 Å². The molecule has 0 radical (unpaired) electrons. The first-order valence-corrected chi connectivity index (χ1v) is 7.71. The second-order valence-electron chi connectivity index (χ2n) is 5.23. The highest BCUT2D eigenvalue weighted by Crippen LogP contribution is 2.09. The second-order valence-corrected chi connectivity index (χ2v) is 5.23. The molecule has 122 valence electrons. The van der Waals surface area contributed by atoms with Crippen molar-refractivity contribution < 1.29 is 0 Å². The van der Waals surface area contributed by atoms with E-state index in [0.29, 0.717) is 12.5 Å². The van der Waals surface area contributed by atoms with Gasteiger partial charge >= 0.3 is 0 Å². The van der Waals surface area contributed by atoms with Gasteiger partial charge in [0, 0.05) is 45.1 Å². The minimum atomic E-state index is 0.446. The van der Waals surface area contributed by atoms with E-state index in [0.717, 1.165) is 44.5 Å². The quantitative estimate of drug-likeness (QED) is 0.612. The monoisotopic (exact) mass is 315 g/mol. The number of guanidine groups is 1. The Morgan fingerprint density at radius 3 is 2.65 bits per heavy atom. The summed E-state index contributed by atoms with van der Waals surface area (Å²) in [7, 11) is 0. The molecule has 1 saturated heterocycles. The molecule has 0 unspecified atom stereocenters. The van der Waals surface area contributed by atoms with E-state index < -0.39 is 0 Å². The van der Waals surface area contributed by atoms with Crippen LogP contribution in [0.25, 0.3) is 0 Å².